The van der Waals surface area contributed by atoms with Gasteiger partial charge in [-0.3, -0.25) is 9.59 Å². The van der Waals surface area contributed by atoms with Crippen LogP contribution in [0.25, 0.3) is 10.9 Å². The van der Waals surface area contributed by atoms with E-state index in [1.807, 2.05) is 6.07 Å². The summed E-state index contributed by atoms with van der Waals surface area (Å²) in [5.41, 5.74) is 0.662. The quantitative estimate of drug-likeness (QED) is 0.754. The Morgan fingerprint density at radius 1 is 1.16 bits per heavy atom. The minimum absolute atomic E-state index is 0.0428. The van der Waals surface area contributed by atoms with Gasteiger partial charge < -0.3 is 15.0 Å². The Morgan fingerprint density at radius 2 is 1.96 bits per heavy atom. The summed E-state index contributed by atoms with van der Waals surface area (Å²) in [6, 6.07) is 11.0. The second kappa shape index (κ2) is 5.73. The molecule has 0 atom stereocenters. The number of benzene rings is 2. The van der Waals surface area contributed by atoms with Crippen molar-refractivity contribution in [2.24, 2.45) is 0 Å². The van der Waals surface area contributed by atoms with Gasteiger partial charge in [0.2, 0.25) is 0 Å². The Labute approximate surface area is 142 Å². The highest BCUT2D eigenvalue weighted by atomic mass is 19.1. The lowest BCUT2D eigenvalue weighted by atomic mass is 9.99. The maximum absolute atomic E-state index is 13.8. The second-order valence-electron chi connectivity index (χ2n) is 6.03. The zero-order valence-electron chi connectivity index (χ0n) is 13.3. The molecular formula is C19H15FN2O3. The molecule has 0 radical (unpaired) electrons. The number of hydrogen-bond donors (Lipinski definition) is 2. The van der Waals surface area contributed by atoms with Crippen molar-refractivity contribution >= 4 is 22.5 Å². The molecule has 1 amide bonds. The van der Waals surface area contributed by atoms with Crippen molar-refractivity contribution in [3.63, 3.8) is 0 Å². The van der Waals surface area contributed by atoms with Crippen LogP contribution in [0.5, 0.6) is 5.75 Å². The van der Waals surface area contributed by atoms with Gasteiger partial charge in [0, 0.05) is 11.9 Å². The standard InChI is InChI=1S/C19H15FN2O3/c20-13-8-1-2-9-14(13)21-18(24)15-17(23)12-7-3-5-11-6-4-10-22(16(11)12)19(15)25/h1-3,5,7-9,23H,4,6,10H2,(H,21,24). The summed E-state index contributed by atoms with van der Waals surface area (Å²) in [4.78, 5) is 25.4. The fourth-order valence-electron chi connectivity index (χ4n) is 3.37. The van der Waals surface area contributed by atoms with Crippen LogP contribution in [-0.2, 0) is 13.0 Å². The van der Waals surface area contributed by atoms with E-state index in [4.69, 9.17) is 0 Å². The number of nitrogens with zero attached hydrogens (tertiary/aromatic N) is 1. The van der Waals surface area contributed by atoms with Gasteiger partial charge in [-0.1, -0.05) is 24.3 Å². The molecule has 0 fully saturated rings. The number of anilines is 1. The smallest absolute Gasteiger partial charge is 0.267 e. The summed E-state index contributed by atoms with van der Waals surface area (Å²) >= 11 is 0. The average Bonchev–Trinajstić information content (AvgIpc) is 2.61. The van der Waals surface area contributed by atoms with Crippen LogP contribution < -0.4 is 10.9 Å². The summed E-state index contributed by atoms with van der Waals surface area (Å²) in [5.74, 6) is -1.80. The van der Waals surface area contributed by atoms with Crippen LogP contribution in [-0.4, -0.2) is 15.6 Å². The molecule has 0 saturated heterocycles. The first-order valence-corrected chi connectivity index (χ1v) is 8.01. The van der Waals surface area contributed by atoms with E-state index >= 15 is 0 Å². The number of rotatable bonds is 2. The number of pyridine rings is 1. The van der Waals surface area contributed by atoms with E-state index < -0.39 is 17.3 Å². The summed E-state index contributed by atoms with van der Waals surface area (Å²) in [7, 11) is 0. The lowest BCUT2D eigenvalue weighted by Crippen LogP contribution is -2.31. The van der Waals surface area contributed by atoms with Gasteiger partial charge in [-0.05, 0) is 36.6 Å². The van der Waals surface area contributed by atoms with Gasteiger partial charge in [-0.2, -0.15) is 0 Å². The van der Waals surface area contributed by atoms with Crippen LogP contribution in [0.2, 0.25) is 0 Å². The molecule has 1 aliphatic heterocycles. The fraction of sp³-hybridized carbons (Fsp3) is 0.158. The Kier molecular flexibility index (Phi) is 3.53. The predicted molar refractivity (Wildman–Crippen MR) is 92.5 cm³/mol. The monoisotopic (exact) mass is 338 g/mol. The number of nitrogens with one attached hydrogen (secondary N) is 1. The summed E-state index contributed by atoms with van der Waals surface area (Å²) in [5, 5.41) is 13.4. The molecule has 6 heteroatoms. The van der Waals surface area contributed by atoms with Gasteiger partial charge in [0.25, 0.3) is 11.5 Å². The van der Waals surface area contributed by atoms with Crippen molar-refractivity contribution in [2.75, 3.05) is 5.32 Å². The minimum atomic E-state index is -0.825. The highest BCUT2D eigenvalue weighted by Gasteiger charge is 2.25. The average molecular weight is 338 g/mol. The van der Waals surface area contributed by atoms with Crippen molar-refractivity contribution in [1.82, 2.24) is 4.57 Å². The summed E-state index contributed by atoms with van der Waals surface area (Å²) in [6.07, 6.45) is 1.60. The molecule has 0 unspecified atom stereocenters. The van der Waals surface area contributed by atoms with Gasteiger partial charge in [0.05, 0.1) is 11.2 Å². The zero-order chi connectivity index (χ0) is 17.6. The maximum Gasteiger partial charge on any atom is 0.267 e. The van der Waals surface area contributed by atoms with Crippen LogP contribution in [0, 0.1) is 5.82 Å². The van der Waals surface area contributed by atoms with Crippen molar-refractivity contribution < 1.29 is 14.3 Å². The molecule has 0 saturated carbocycles. The number of halogens is 1. The first-order chi connectivity index (χ1) is 12.1. The molecule has 3 aromatic rings. The van der Waals surface area contributed by atoms with E-state index in [1.165, 1.54) is 22.8 Å². The predicted octanol–water partition coefficient (Wildman–Crippen LogP) is 3.04. The SMILES string of the molecule is O=C(Nc1ccccc1F)c1c(O)c2cccc3c2n(c1=O)CCC3. The molecule has 1 aromatic heterocycles. The van der Waals surface area contributed by atoms with Crippen LogP contribution in [0.15, 0.2) is 47.3 Å². The van der Waals surface area contributed by atoms with Gasteiger partial charge in [0.15, 0.2) is 0 Å². The number of amides is 1. The van der Waals surface area contributed by atoms with Crippen molar-refractivity contribution in [1.29, 1.82) is 0 Å². The molecule has 0 bridgehead atoms. The lowest BCUT2D eigenvalue weighted by molar-refractivity contribution is 0.102. The molecule has 1 aliphatic rings. The van der Waals surface area contributed by atoms with Crippen molar-refractivity contribution in [3.8, 4) is 5.75 Å². The van der Waals surface area contributed by atoms with Crippen LogP contribution >= 0.6 is 0 Å². The number of hydrogen-bond acceptors (Lipinski definition) is 3. The third-order valence-corrected chi connectivity index (χ3v) is 4.52. The molecule has 0 spiro atoms. The molecule has 2 aromatic carbocycles. The first kappa shape index (κ1) is 15.4. The van der Waals surface area contributed by atoms with Gasteiger partial charge in [-0.15, -0.1) is 0 Å². The highest BCUT2D eigenvalue weighted by molar-refractivity contribution is 6.09. The molecular weight excluding hydrogens is 323 g/mol. The van der Waals surface area contributed by atoms with E-state index in [2.05, 4.69) is 5.32 Å². The Hall–Kier alpha value is -3.15. The number of carbonyl (C=O) groups is 1. The number of para-hydroxylation sites is 2. The number of aromatic nitrogens is 1. The minimum Gasteiger partial charge on any atom is -0.506 e. The van der Waals surface area contributed by atoms with Gasteiger partial charge in [0.1, 0.15) is 17.1 Å². The molecule has 5 nitrogen and oxygen atoms in total. The Morgan fingerprint density at radius 3 is 2.76 bits per heavy atom. The largest absolute Gasteiger partial charge is 0.506 e. The molecule has 25 heavy (non-hydrogen) atoms. The molecule has 2 N–H and O–H groups in total. The van der Waals surface area contributed by atoms with E-state index in [1.54, 1.807) is 18.2 Å². The fourth-order valence-corrected chi connectivity index (χ4v) is 3.37. The number of aromatic hydroxyl groups is 1. The molecule has 126 valence electrons. The van der Waals surface area contributed by atoms with Crippen LogP contribution in [0.3, 0.4) is 0 Å². The van der Waals surface area contributed by atoms with Crippen molar-refractivity contribution in [2.45, 2.75) is 19.4 Å². The first-order valence-electron chi connectivity index (χ1n) is 8.01. The summed E-state index contributed by atoms with van der Waals surface area (Å²) in [6.45, 7) is 0.479. The molecule has 2 heterocycles. The summed E-state index contributed by atoms with van der Waals surface area (Å²) < 4.78 is 15.3. The Balaban J connectivity index is 1.90. The van der Waals surface area contributed by atoms with E-state index in [0.29, 0.717) is 17.4 Å². The number of carbonyl (C=O) groups excluding carboxylic acids is 1. The zero-order valence-corrected chi connectivity index (χ0v) is 13.3. The van der Waals surface area contributed by atoms with Crippen LogP contribution in [0.1, 0.15) is 22.3 Å². The van der Waals surface area contributed by atoms with E-state index in [-0.39, 0.29) is 17.0 Å². The third-order valence-electron chi connectivity index (χ3n) is 4.52. The Bertz CT molecular complexity index is 1070. The normalized spacial score (nSPS) is 13.0. The second-order valence-corrected chi connectivity index (χ2v) is 6.03. The maximum atomic E-state index is 13.8. The molecule has 0 aliphatic carbocycles. The van der Waals surface area contributed by atoms with Gasteiger partial charge >= 0.3 is 0 Å². The van der Waals surface area contributed by atoms with Crippen LogP contribution in [0.4, 0.5) is 10.1 Å². The van der Waals surface area contributed by atoms with Crippen molar-refractivity contribution in [3.05, 3.63) is 69.8 Å². The van der Waals surface area contributed by atoms with Gasteiger partial charge in [-0.25, -0.2) is 4.39 Å². The number of aryl methyl sites for hydroxylation is 2. The van der Waals surface area contributed by atoms with E-state index in [0.717, 1.165) is 18.4 Å². The molecule has 4 rings (SSSR count). The highest BCUT2D eigenvalue weighted by Crippen LogP contribution is 2.31. The van der Waals surface area contributed by atoms with E-state index in [9.17, 15) is 19.1 Å². The lowest BCUT2D eigenvalue weighted by Gasteiger charge is -2.21. The topological polar surface area (TPSA) is 71.3 Å². The third kappa shape index (κ3) is 2.38.